The molecule has 3 heterocycles. The molecule has 3 amide bonds. The fourth-order valence-electron chi connectivity index (χ4n) is 5.51. The number of hydrogen-bond donors (Lipinski definition) is 1. The fourth-order valence-corrected chi connectivity index (χ4v) is 5.51. The zero-order chi connectivity index (χ0) is 24.2. The van der Waals surface area contributed by atoms with Crippen molar-refractivity contribution in [3.63, 3.8) is 0 Å². The van der Waals surface area contributed by atoms with Crippen LogP contribution in [0.25, 0.3) is 0 Å². The molecular formula is C28H34N4O3. The first-order valence-corrected chi connectivity index (χ1v) is 12.9. The molecule has 7 nitrogen and oxygen atoms in total. The lowest BCUT2D eigenvalue weighted by Crippen LogP contribution is -2.44. The Morgan fingerprint density at radius 2 is 1.69 bits per heavy atom. The van der Waals surface area contributed by atoms with Crippen LogP contribution in [0.2, 0.25) is 0 Å². The van der Waals surface area contributed by atoms with Crippen LogP contribution in [0.4, 0.5) is 5.69 Å². The number of carbonyl (C=O) groups is 3. The van der Waals surface area contributed by atoms with Gasteiger partial charge in [-0.3, -0.25) is 14.4 Å². The number of fused-ring (bicyclic) bond motifs is 2. The molecule has 1 unspecified atom stereocenters. The summed E-state index contributed by atoms with van der Waals surface area (Å²) in [5, 5.41) is 3.02. The van der Waals surface area contributed by atoms with Gasteiger partial charge < -0.3 is 20.0 Å². The number of anilines is 1. The third-order valence-electron chi connectivity index (χ3n) is 7.43. The number of nitrogens with one attached hydrogen (secondary N) is 1. The van der Waals surface area contributed by atoms with Gasteiger partial charge in [0.15, 0.2) is 0 Å². The van der Waals surface area contributed by atoms with Crippen molar-refractivity contribution in [1.82, 2.24) is 15.1 Å². The first-order valence-electron chi connectivity index (χ1n) is 12.9. The van der Waals surface area contributed by atoms with E-state index >= 15 is 0 Å². The molecule has 1 atom stereocenters. The third-order valence-corrected chi connectivity index (χ3v) is 7.43. The van der Waals surface area contributed by atoms with E-state index in [1.54, 1.807) is 15.9 Å². The van der Waals surface area contributed by atoms with Gasteiger partial charge in [0.1, 0.15) is 6.04 Å². The highest BCUT2D eigenvalue weighted by Gasteiger charge is 2.41. The summed E-state index contributed by atoms with van der Waals surface area (Å²) in [5.41, 5.74) is 2.78. The van der Waals surface area contributed by atoms with Crippen LogP contribution in [0.5, 0.6) is 0 Å². The second kappa shape index (κ2) is 10.6. The fraction of sp³-hybridized carbons (Fsp3) is 0.464. The lowest BCUT2D eigenvalue weighted by atomic mass is 10.1. The van der Waals surface area contributed by atoms with Gasteiger partial charge in [0.25, 0.3) is 11.8 Å². The number of rotatable bonds is 7. The highest BCUT2D eigenvalue weighted by atomic mass is 16.2. The molecule has 184 valence electrons. The normalized spacial score (nSPS) is 20.4. The molecule has 2 saturated heterocycles. The van der Waals surface area contributed by atoms with E-state index in [0.29, 0.717) is 42.9 Å². The van der Waals surface area contributed by atoms with Gasteiger partial charge in [-0.1, -0.05) is 30.7 Å². The van der Waals surface area contributed by atoms with Crippen LogP contribution in [0.3, 0.4) is 0 Å². The Kier molecular flexibility index (Phi) is 7.13. The maximum atomic E-state index is 13.4. The zero-order valence-electron chi connectivity index (χ0n) is 20.2. The molecule has 0 aliphatic carbocycles. The van der Waals surface area contributed by atoms with E-state index < -0.39 is 6.04 Å². The molecule has 5 rings (SSSR count). The molecule has 2 fully saturated rings. The molecule has 0 aromatic heterocycles. The number of hydrogen-bond acceptors (Lipinski definition) is 4. The zero-order valence-corrected chi connectivity index (χ0v) is 20.2. The maximum Gasteiger partial charge on any atom is 0.256 e. The van der Waals surface area contributed by atoms with Gasteiger partial charge in [-0.05, 0) is 81.6 Å². The second-order valence-electron chi connectivity index (χ2n) is 9.81. The maximum absolute atomic E-state index is 13.4. The van der Waals surface area contributed by atoms with E-state index in [0.717, 1.165) is 24.9 Å². The van der Waals surface area contributed by atoms with Crippen molar-refractivity contribution < 1.29 is 14.4 Å². The molecular weight excluding hydrogens is 440 g/mol. The molecule has 0 radical (unpaired) electrons. The minimum absolute atomic E-state index is 0.0312. The summed E-state index contributed by atoms with van der Waals surface area (Å²) < 4.78 is 0. The van der Waals surface area contributed by atoms with Crippen molar-refractivity contribution in [2.75, 3.05) is 37.6 Å². The minimum atomic E-state index is -0.398. The number of para-hydroxylation sites is 1. The Hall–Kier alpha value is -3.19. The van der Waals surface area contributed by atoms with Crippen LogP contribution in [0, 0.1) is 0 Å². The van der Waals surface area contributed by atoms with Gasteiger partial charge >= 0.3 is 0 Å². The average Bonchev–Trinajstić information content (AvgIpc) is 3.37. The predicted molar refractivity (Wildman–Crippen MR) is 135 cm³/mol. The molecule has 3 aliphatic rings. The first-order chi connectivity index (χ1) is 17.1. The Morgan fingerprint density at radius 3 is 2.49 bits per heavy atom. The summed E-state index contributed by atoms with van der Waals surface area (Å²) in [7, 11) is 0. The Labute approximate surface area is 207 Å². The van der Waals surface area contributed by atoms with Crippen molar-refractivity contribution in [3.05, 3.63) is 65.2 Å². The van der Waals surface area contributed by atoms with Gasteiger partial charge in [-0.25, -0.2) is 0 Å². The van der Waals surface area contributed by atoms with Crippen LogP contribution in [0.1, 0.15) is 64.8 Å². The number of piperidine rings is 1. The van der Waals surface area contributed by atoms with Crippen LogP contribution < -0.4 is 10.2 Å². The minimum Gasteiger partial charge on any atom is -0.352 e. The largest absolute Gasteiger partial charge is 0.352 e. The summed E-state index contributed by atoms with van der Waals surface area (Å²) in [6.45, 7) is 5.04. The molecule has 1 N–H and O–H groups in total. The SMILES string of the molecule is O=C(NCCCN1CCCCC1)c1ccc(CN2C(=O)C3CCCN3C(=O)c3ccccc32)cc1. The summed E-state index contributed by atoms with van der Waals surface area (Å²) >= 11 is 0. The standard InChI is InChI=1S/C28H34N4O3/c33-26(29-15-7-18-30-16-4-1-5-17-30)22-13-11-21(12-14-22)20-32-24-9-3-2-8-23(24)27(34)31-19-6-10-25(31)28(32)35/h2-3,8-9,11-14,25H,1,4-7,10,15-20H2,(H,29,33). The molecule has 2 aromatic carbocycles. The lowest BCUT2D eigenvalue weighted by molar-refractivity contribution is -0.122. The van der Waals surface area contributed by atoms with Gasteiger partial charge in [0.05, 0.1) is 17.8 Å². The van der Waals surface area contributed by atoms with Crippen LogP contribution >= 0.6 is 0 Å². The first kappa shape index (κ1) is 23.5. The van der Waals surface area contributed by atoms with Crippen molar-refractivity contribution in [1.29, 1.82) is 0 Å². The Balaban J connectivity index is 1.22. The van der Waals surface area contributed by atoms with E-state index in [-0.39, 0.29) is 17.7 Å². The third kappa shape index (κ3) is 5.10. The predicted octanol–water partition coefficient (Wildman–Crippen LogP) is 3.44. The second-order valence-corrected chi connectivity index (χ2v) is 9.81. The summed E-state index contributed by atoms with van der Waals surface area (Å²) in [4.78, 5) is 45.0. The molecule has 0 saturated carbocycles. The van der Waals surface area contributed by atoms with E-state index in [9.17, 15) is 14.4 Å². The van der Waals surface area contributed by atoms with Crippen molar-refractivity contribution in [3.8, 4) is 0 Å². The Morgan fingerprint density at radius 1 is 0.914 bits per heavy atom. The van der Waals surface area contributed by atoms with Gasteiger partial charge in [0, 0.05) is 18.7 Å². The number of amides is 3. The molecule has 2 aromatic rings. The Bertz CT molecular complexity index is 1080. The number of carbonyl (C=O) groups excluding carboxylic acids is 3. The monoisotopic (exact) mass is 474 g/mol. The summed E-state index contributed by atoms with van der Waals surface area (Å²) in [6.07, 6.45) is 6.40. The van der Waals surface area contributed by atoms with E-state index in [1.807, 2.05) is 42.5 Å². The molecule has 0 bridgehead atoms. The number of likely N-dealkylation sites (tertiary alicyclic amines) is 1. The van der Waals surface area contributed by atoms with E-state index in [2.05, 4.69) is 10.2 Å². The highest BCUT2D eigenvalue weighted by Crippen LogP contribution is 2.33. The average molecular weight is 475 g/mol. The van der Waals surface area contributed by atoms with E-state index in [1.165, 1.54) is 32.4 Å². The molecule has 3 aliphatic heterocycles. The van der Waals surface area contributed by atoms with Gasteiger partial charge in [-0.15, -0.1) is 0 Å². The number of nitrogens with zero attached hydrogens (tertiary/aromatic N) is 3. The van der Waals surface area contributed by atoms with Crippen LogP contribution in [-0.2, 0) is 11.3 Å². The summed E-state index contributed by atoms with van der Waals surface area (Å²) in [6, 6.07) is 14.4. The lowest BCUT2D eigenvalue weighted by Gasteiger charge is -2.26. The van der Waals surface area contributed by atoms with Gasteiger partial charge in [-0.2, -0.15) is 0 Å². The van der Waals surface area contributed by atoms with E-state index in [4.69, 9.17) is 0 Å². The van der Waals surface area contributed by atoms with Crippen LogP contribution in [-0.4, -0.2) is 66.3 Å². The smallest absolute Gasteiger partial charge is 0.256 e. The summed E-state index contributed by atoms with van der Waals surface area (Å²) in [5.74, 6) is -0.166. The molecule has 7 heteroatoms. The molecule has 0 spiro atoms. The quantitative estimate of drug-likeness (QED) is 0.624. The van der Waals surface area contributed by atoms with Crippen molar-refractivity contribution >= 4 is 23.4 Å². The van der Waals surface area contributed by atoms with Crippen molar-refractivity contribution in [2.45, 2.75) is 51.1 Å². The highest BCUT2D eigenvalue weighted by molar-refractivity contribution is 6.11. The van der Waals surface area contributed by atoms with Crippen molar-refractivity contribution in [2.24, 2.45) is 0 Å². The topological polar surface area (TPSA) is 73.0 Å². The van der Waals surface area contributed by atoms with Gasteiger partial charge in [0.2, 0.25) is 5.91 Å². The molecule has 35 heavy (non-hydrogen) atoms. The van der Waals surface area contributed by atoms with Crippen LogP contribution in [0.15, 0.2) is 48.5 Å². The number of benzene rings is 2.